The van der Waals surface area contributed by atoms with E-state index in [4.69, 9.17) is 4.74 Å². The predicted molar refractivity (Wildman–Crippen MR) is 133 cm³/mol. The molecule has 0 bridgehead atoms. The van der Waals surface area contributed by atoms with Crippen LogP contribution in [0.4, 0.5) is 5.69 Å². The van der Waals surface area contributed by atoms with E-state index in [2.05, 4.69) is 47.7 Å². The van der Waals surface area contributed by atoms with Crippen molar-refractivity contribution in [2.24, 2.45) is 5.10 Å². The van der Waals surface area contributed by atoms with E-state index in [0.717, 1.165) is 21.3 Å². The maximum atomic E-state index is 12.6. The van der Waals surface area contributed by atoms with Gasteiger partial charge in [0.1, 0.15) is 0 Å². The highest BCUT2D eigenvalue weighted by Gasteiger charge is 2.15. The summed E-state index contributed by atoms with van der Waals surface area (Å²) in [5, 5.41) is 7.04. The van der Waals surface area contributed by atoms with Crippen LogP contribution in [-0.2, 0) is 4.79 Å². The van der Waals surface area contributed by atoms with Crippen LogP contribution in [0, 0.1) is 13.8 Å². The number of ether oxygens (including phenoxy) is 1. The van der Waals surface area contributed by atoms with Gasteiger partial charge in [0.25, 0.3) is 5.91 Å². The molecule has 6 nitrogen and oxygen atoms in total. The summed E-state index contributed by atoms with van der Waals surface area (Å²) >= 11 is 6.84. The zero-order chi connectivity index (χ0) is 23.1. The number of halogens is 2. The Morgan fingerprint density at radius 2 is 1.75 bits per heavy atom. The first-order valence-electron chi connectivity index (χ1n) is 9.72. The van der Waals surface area contributed by atoms with E-state index in [1.165, 1.54) is 6.21 Å². The molecular weight excluding hydrogens is 538 g/mol. The number of carbonyl (C=O) groups is 2. The van der Waals surface area contributed by atoms with Crippen LogP contribution in [0.1, 0.15) is 27.0 Å². The number of hydrogen-bond acceptors (Lipinski definition) is 5. The largest absolute Gasteiger partial charge is 0.421 e. The van der Waals surface area contributed by atoms with E-state index in [9.17, 15) is 9.59 Å². The summed E-state index contributed by atoms with van der Waals surface area (Å²) in [5.41, 5.74) is 6.37. The Morgan fingerprint density at radius 3 is 2.47 bits per heavy atom. The molecule has 164 valence electrons. The summed E-state index contributed by atoms with van der Waals surface area (Å²) in [7, 11) is 0. The quantitative estimate of drug-likeness (QED) is 0.171. The number of esters is 1. The molecule has 2 N–H and O–H groups in total. The Kier molecular flexibility index (Phi) is 8.19. The van der Waals surface area contributed by atoms with Crippen molar-refractivity contribution >= 4 is 55.6 Å². The number of carbonyl (C=O) groups excluding carboxylic acids is 2. The van der Waals surface area contributed by atoms with Gasteiger partial charge in [0.05, 0.1) is 22.8 Å². The van der Waals surface area contributed by atoms with E-state index >= 15 is 0 Å². The van der Waals surface area contributed by atoms with Gasteiger partial charge in [-0.05, 0) is 66.2 Å². The van der Waals surface area contributed by atoms with Crippen molar-refractivity contribution in [2.45, 2.75) is 13.8 Å². The molecule has 1 amide bonds. The standard InChI is InChI=1S/C24H21Br2N3O3/c1-15-6-8-20(9-7-15)27-14-22(30)29-28-13-18-11-19(25)12-21(26)23(18)32-24(31)17-5-3-4-16(2)10-17/h3-13,27H,14H2,1-2H3,(H,29,30). The van der Waals surface area contributed by atoms with E-state index in [-0.39, 0.29) is 12.5 Å². The van der Waals surface area contributed by atoms with Crippen LogP contribution in [0.2, 0.25) is 0 Å². The van der Waals surface area contributed by atoms with Crippen molar-refractivity contribution in [1.29, 1.82) is 0 Å². The maximum absolute atomic E-state index is 12.6. The fourth-order valence-corrected chi connectivity index (χ4v) is 4.11. The fourth-order valence-electron chi connectivity index (χ4n) is 2.77. The minimum absolute atomic E-state index is 0.0672. The lowest BCUT2D eigenvalue weighted by Gasteiger charge is -2.11. The monoisotopic (exact) mass is 557 g/mol. The first-order valence-corrected chi connectivity index (χ1v) is 11.3. The molecule has 0 atom stereocenters. The van der Waals surface area contributed by atoms with E-state index in [0.29, 0.717) is 21.3 Å². The second-order valence-corrected chi connectivity index (χ2v) is 8.85. The summed E-state index contributed by atoms with van der Waals surface area (Å²) in [6.45, 7) is 3.97. The van der Waals surface area contributed by atoms with Crippen LogP contribution in [0.25, 0.3) is 0 Å². The first kappa shape index (κ1) is 23.7. The summed E-state index contributed by atoms with van der Waals surface area (Å²) in [6, 6.07) is 18.4. The van der Waals surface area contributed by atoms with Crippen LogP contribution < -0.4 is 15.5 Å². The third-order valence-electron chi connectivity index (χ3n) is 4.38. The lowest BCUT2D eigenvalue weighted by Crippen LogP contribution is -2.25. The molecule has 0 radical (unpaired) electrons. The van der Waals surface area contributed by atoms with Gasteiger partial charge in [-0.2, -0.15) is 5.10 Å². The van der Waals surface area contributed by atoms with E-state index in [1.54, 1.807) is 30.3 Å². The molecule has 3 rings (SSSR count). The van der Waals surface area contributed by atoms with Gasteiger partial charge in [0, 0.05) is 15.7 Å². The fraction of sp³-hybridized carbons (Fsp3) is 0.125. The topological polar surface area (TPSA) is 79.8 Å². The minimum Gasteiger partial charge on any atom is -0.421 e. The molecule has 0 fully saturated rings. The van der Waals surface area contributed by atoms with Crippen LogP contribution in [0.15, 0.2) is 74.7 Å². The number of amides is 1. The molecule has 0 saturated heterocycles. The molecule has 0 aliphatic rings. The van der Waals surface area contributed by atoms with Gasteiger partial charge in [-0.15, -0.1) is 0 Å². The normalized spacial score (nSPS) is 10.8. The van der Waals surface area contributed by atoms with Crippen molar-refractivity contribution in [3.63, 3.8) is 0 Å². The van der Waals surface area contributed by atoms with Gasteiger partial charge < -0.3 is 10.1 Å². The molecule has 32 heavy (non-hydrogen) atoms. The second-order valence-electron chi connectivity index (χ2n) is 7.08. The molecule has 0 aliphatic heterocycles. The third kappa shape index (κ3) is 6.77. The van der Waals surface area contributed by atoms with Gasteiger partial charge in [-0.25, -0.2) is 10.2 Å². The Balaban J connectivity index is 1.67. The average Bonchev–Trinajstić information content (AvgIpc) is 2.75. The summed E-state index contributed by atoms with van der Waals surface area (Å²) in [6.07, 6.45) is 1.43. The van der Waals surface area contributed by atoms with Gasteiger partial charge >= 0.3 is 5.97 Å². The summed E-state index contributed by atoms with van der Waals surface area (Å²) < 4.78 is 6.95. The molecular formula is C24H21Br2N3O3. The first-order chi connectivity index (χ1) is 15.3. The van der Waals surface area contributed by atoms with Crippen molar-refractivity contribution in [1.82, 2.24) is 5.43 Å². The second kappa shape index (κ2) is 11.1. The summed E-state index contributed by atoms with van der Waals surface area (Å²) in [4.78, 5) is 24.7. The van der Waals surface area contributed by atoms with Crippen LogP contribution in [-0.4, -0.2) is 24.6 Å². The molecule has 0 spiro atoms. The van der Waals surface area contributed by atoms with Gasteiger partial charge in [-0.1, -0.05) is 51.3 Å². The number of hydrazone groups is 1. The molecule has 0 unspecified atom stereocenters. The molecule has 3 aromatic rings. The summed E-state index contributed by atoms with van der Waals surface area (Å²) in [5.74, 6) is -0.498. The van der Waals surface area contributed by atoms with Crippen molar-refractivity contribution in [2.75, 3.05) is 11.9 Å². The molecule has 8 heteroatoms. The highest BCUT2D eigenvalue weighted by Crippen LogP contribution is 2.32. The van der Waals surface area contributed by atoms with Crippen molar-refractivity contribution < 1.29 is 14.3 Å². The minimum atomic E-state index is -0.488. The highest BCUT2D eigenvalue weighted by molar-refractivity contribution is 9.11. The van der Waals surface area contributed by atoms with Gasteiger partial charge in [0.2, 0.25) is 0 Å². The number of nitrogens with zero attached hydrogens (tertiary/aromatic N) is 1. The number of aryl methyl sites for hydroxylation is 2. The molecule has 0 aromatic heterocycles. The van der Waals surface area contributed by atoms with Crippen molar-refractivity contribution in [3.8, 4) is 5.75 Å². The number of anilines is 1. The number of benzene rings is 3. The van der Waals surface area contributed by atoms with Crippen LogP contribution >= 0.6 is 31.9 Å². The highest BCUT2D eigenvalue weighted by atomic mass is 79.9. The van der Waals surface area contributed by atoms with Gasteiger partial charge in [-0.3, -0.25) is 4.79 Å². The van der Waals surface area contributed by atoms with Crippen molar-refractivity contribution in [3.05, 3.63) is 91.9 Å². The Bertz CT molecular complexity index is 1160. The Hall–Kier alpha value is -2.97. The molecule has 0 heterocycles. The smallest absolute Gasteiger partial charge is 0.343 e. The third-order valence-corrected chi connectivity index (χ3v) is 5.43. The average molecular weight is 559 g/mol. The number of hydrogen-bond donors (Lipinski definition) is 2. The predicted octanol–water partition coefficient (Wildman–Crippen LogP) is 5.61. The maximum Gasteiger partial charge on any atom is 0.343 e. The van der Waals surface area contributed by atoms with Gasteiger partial charge in [0.15, 0.2) is 5.75 Å². The molecule has 0 aliphatic carbocycles. The molecule has 3 aromatic carbocycles. The zero-order valence-corrected chi connectivity index (χ0v) is 20.7. The van der Waals surface area contributed by atoms with Crippen LogP contribution in [0.3, 0.4) is 0 Å². The Morgan fingerprint density at radius 1 is 1.00 bits per heavy atom. The van der Waals surface area contributed by atoms with E-state index in [1.807, 2.05) is 44.2 Å². The molecule has 0 saturated carbocycles. The number of nitrogens with one attached hydrogen (secondary N) is 2. The lowest BCUT2D eigenvalue weighted by molar-refractivity contribution is -0.119. The Labute approximate surface area is 203 Å². The van der Waals surface area contributed by atoms with E-state index < -0.39 is 5.97 Å². The SMILES string of the molecule is Cc1ccc(NCC(=O)NN=Cc2cc(Br)cc(Br)c2OC(=O)c2cccc(C)c2)cc1. The zero-order valence-electron chi connectivity index (χ0n) is 17.5. The lowest BCUT2D eigenvalue weighted by atomic mass is 10.1. The number of rotatable bonds is 7. The van der Waals surface area contributed by atoms with Crippen LogP contribution in [0.5, 0.6) is 5.75 Å².